The topological polar surface area (TPSA) is 122 Å². The maximum Gasteiger partial charge on any atom is 0.233 e. The zero-order valence-electron chi connectivity index (χ0n) is 19.3. The van der Waals surface area contributed by atoms with Gasteiger partial charge in [-0.1, -0.05) is 6.07 Å². The van der Waals surface area contributed by atoms with Gasteiger partial charge in [0.1, 0.15) is 11.6 Å². The lowest BCUT2D eigenvalue weighted by Crippen LogP contribution is -2.27. The Bertz CT molecular complexity index is 1460. The molecule has 0 aliphatic heterocycles. The predicted octanol–water partition coefficient (Wildman–Crippen LogP) is 3.28. The summed E-state index contributed by atoms with van der Waals surface area (Å²) < 4.78 is 27.1. The first kappa shape index (κ1) is 23.2. The van der Waals surface area contributed by atoms with Gasteiger partial charge in [0, 0.05) is 54.8 Å². The number of aryl methyl sites for hydroxylation is 1. The number of rotatable bonds is 7. The second-order valence-corrected chi connectivity index (χ2v) is 9.94. The summed E-state index contributed by atoms with van der Waals surface area (Å²) in [7, 11) is -1.98. The van der Waals surface area contributed by atoms with Crippen LogP contribution in [0.2, 0.25) is 0 Å². The Morgan fingerprint density at radius 1 is 1.12 bits per heavy atom. The molecule has 0 saturated carbocycles. The van der Waals surface area contributed by atoms with E-state index in [2.05, 4.69) is 25.7 Å². The van der Waals surface area contributed by atoms with E-state index in [1.807, 2.05) is 35.9 Å². The number of carbonyl (C=O) groups excluding carboxylic acids is 1. The van der Waals surface area contributed by atoms with Crippen LogP contribution >= 0.6 is 0 Å². The third-order valence-corrected chi connectivity index (χ3v) is 6.45. The third kappa shape index (κ3) is 4.99. The summed E-state index contributed by atoms with van der Waals surface area (Å²) in [6, 6.07) is 12.8. The largest absolute Gasteiger partial charge is 0.340 e. The Morgan fingerprint density at radius 2 is 1.82 bits per heavy atom. The number of carbonyl (C=O) groups is 1. The van der Waals surface area contributed by atoms with E-state index < -0.39 is 10.0 Å². The molecule has 0 aliphatic carbocycles. The molecule has 11 heteroatoms. The van der Waals surface area contributed by atoms with Gasteiger partial charge in [-0.2, -0.15) is 5.10 Å². The van der Waals surface area contributed by atoms with Gasteiger partial charge in [-0.15, -0.1) is 0 Å². The van der Waals surface area contributed by atoms with E-state index >= 15 is 0 Å². The van der Waals surface area contributed by atoms with Gasteiger partial charge in [0.05, 0.1) is 24.0 Å². The molecule has 0 fully saturated rings. The van der Waals surface area contributed by atoms with Crippen molar-refractivity contribution in [1.29, 1.82) is 0 Å². The van der Waals surface area contributed by atoms with Gasteiger partial charge < -0.3 is 10.6 Å². The molecule has 3 heterocycles. The Morgan fingerprint density at radius 3 is 2.50 bits per heavy atom. The van der Waals surface area contributed by atoms with Gasteiger partial charge in [0.2, 0.25) is 15.9 Å². The normalized spacial score (nSPS) is 11.4. The van der Waals surface area contributed by atoms with Crippen LogP contribution in [0.4, 0.5) is 23.0 Å². The average molecular weight is 480 g/mol. The summed E-state index contributed by atoms with van der Waals surface area (Å²) in [6.45, 7) is 3.70. The maximum atomic E-state index is 12.1. The van der Waals surface area contributed by atoms with Crippen LogP contribution in [0.1, 0.15) is 18.2 Å². The molecule has 10 nitrogen and oxygen atoms in total. The lowest BCUT2D eigenvalue weighted by atomic mass is 10.2. The lowest BCUT2D eigenvalue weighted by Gasteiger charge is -2.19. The smallest absolute Gasteiger partial charge is 0.233 e. The van der Waals surface area contributed by atoms with Crippen LogP contribution in [0.15, 0.2) is 54.9 Å². The highest BCUT2D eigenvalue weighted by Gasteiger charge is 2.18. The molecule has 34 heavy (non-hydrogen) atoms. The second kappa shape index (κ2) is 9.10. The summed E-state index contributed by atoms with van der Waals surface area (Å²) in [6.07, 6.45) is 4.47. The van der Waals surface area contributed by atoms with Gasteiger partial charge in [-0.3, -0.25) is 13.8 Å². The molecule has 0 aliphatic rings. The number of anilines is 4. The molecule has 1 aromatic carbocycles. The molecule has 0 unspecified atom stereocenters. The first-order valence-electron chi connectivity index (χ1n) is 10.5. The predicted molar refractivity (Wildman–Crippen MR) is 133 cm³/mol. The number of pyridine rings is 2. The summed E-state index contributed by atoms with van der Waals surface area (Å²) >= 11 is 0. The fourth-order valence-corrected chi connectivity index (χ4v) is 4.04. The van der Waals surface area contributed by atoms with Crippen molar-refractivity contribution < 1.29 is 13.2 Å². The second-order valence-electron chi connectivity index (χ2n) is 7.93. The van der Waals surface area contributed by atoms with Crippen LogP contribution in [0.3, 0.4) is 0 Å². The van der Waals surface area contributed by atoms with Gasteiger partial charge in [0.15, 0.2) is 0 Å². The van der Waals surface area contributed by atoms with Crippen molar-refractivity contribution in [3.63, 3.8) is 0 Å². The van der Waals surface area contributed by atoms with Crippen LogP contribution in [-0.2, 0) is 21.4 Å². The molecule has 0 spiro atoms. The minimum Gasteiger partial charge on any atom is -0.340 e. The molecular weight excluding hydrogens is 454 g/mol. The molecule has 0 bridgehead atoms. The number of hydrogen-bond acceptors (Lipinski definition) is 7. The Labute approximate surface area is 197 Å². The number of amides is 1. The fraction of sp³-hybridized carbons (Fsp3) is 0.217. The van der Waals surface area contributed by atoms with E-state index in [1.54, 1.807) is 30.6 Å². The number of sulfonamides is 1. The molecule has 1 amide bonds. The van der Waals surface area contributed by atoms with Crippen LogP contribution in [0.25, 0.3) is 10.9 Å². The van der Waals surface area contributed by atoms with Crippen molar-refractivity contribution in [3.05, 3.63) is 66.1 Å². The molecule has 176 valence electrons. The fourth-order valence-electron chi connectivity index (χ4n) is 3.56. The Kier molecular flexibility index (Phi) is 6.20. The van der Waals surface area contributed by atoms with Gasteiger partial charge in [0.25, 0.3) is 0 Å². The first-order chi connectivity index (χ1) is 16.1. The van der Waals surface area contributed by atoms with Crippen molar-refractivity contribution in [1.82, 2.24) is 19.7 Å². The highest BCUT2D eigenvalue weighted by atomic mass is 32.2. The molecule has 4 rings (SSSR count). The van der Waals surface area contributed by atoms with E-state index in [4.69, 9.17) is 0 Å². The third-order valence-electron chi connectivity index (χ3n) is 5.28. The quantitative estimate of drug-likeness (QED) is 0.417. The minimum absolute atomic E-state index is 0.129. The standard InChI is InChI=1S/C23H25N7O3S/c1-15-20-13-25-22(27-19-9-7-18(8-10-19)26-16(2)31)12-21(20)30(28-15)14-17-6-5-11-24-23(17)29(3)34(4,32)33/h5-13H,14H2,1-4H3,(H,25,27)(H,26,31). The van der Waals surface area contributed by atoms with E-state index in [0.29, 0.717) is 23.9 Å². The number of nitrogens with zero attached hydrogens (tertiary/aromatic N) is 5. The zero-order chi connectivity index (χ0) is 24.5. The lowest BCUT2D eigenvalue weighted by molar-refractivity contribution is -0.114. The number of nitrogens with one attached hydrogen (secondary N) is 2. The van der Waals surface area contributed by atoms with Crippen molar-refractivity contribution in [2.45, 2.75) is 20.4 Å². The van der Waals surface area contributed by atoms with Gasteiger partial charge in [-0.05, 0) is 37.3 Å². The van der Waals surface area contributed by atoms with E-state index in [0.717, 1.165) is 34.1 Å². The van der Waals surface area contributed by atoms with Crippen LogP contribution < -0.4 is 14.9 Å². The van der Waals surface area contributed by atoms with Gasteiger partial charge >= 0.3 is 0 Å². The van der Waals surface area contributed by atoms with E-state index in [1.165, 1.54) is 18.3 Å². The average Bonchev–Trinajstić information content (AvgIpc) is 3.08. The number of aromatic nitrogens is 4. The molecule has 3 aromatic heterocycles. The summed E-state index contributed by atoms with van der Waals surface area (Å²) in [5.74, 6) is 0.856. The summed E-state index contributed by atoms with van der Waals surface area (Å²) in [5.41, 5.74) is 3.91. The zero-order valence-corrected chi connectivity index (χ0v) is 20.1. The SMILES string of the molecule is CC(=O)Nc1ccc(Nc2cc3c(cn2)c(C)nn3Cc2cccnc2N(C)S(C)(=O)=O)cc1. The monoisotopic (exact) mass is 479 g/mol. The van der Waals surface area contributed by atoms with Crippen LogP contribution in [0, 0.1) is 6.92 Å². The number of benzene rings is 1. The molecule has 0 radical (unpaired) electrons. The molecule has 0 saturated heterocycles. The van der Waals surface area contributed by atoms with Crippen molar-refractivity contribution in [2.24, 2.45) is 0 Å². The Balaban J connectivity index is 1.65. The van der Waals surface area contributed by atoms with E-state index in [-0.39, 0.29) is 5.91 Å². The highest BCUT2D eigenvalue weighted by Crippen LogP contribution is 2.26. The van der Waals surface area contributed by atoms with Crippen molar-refractivity contribution in [2.75, 3.05) is 28.2 Å². The maximum absolute atomic E-state index is 12.1. The van der Waals surface area contributed by atoms with Crippen LogP contribution in [0.5, 0.6) is 0 Å². The summed E-state index contributed by atoms with van der Waals surface area (Å²) in [5, 5.41) is 11.5. The summed E-state index contributed by atoms with van der Waals surface area (Å²) in [4.78, 5) is 20.0. The van der Waals surface area contributed by atoms with Gasteiger partial charge in [-0.25, -0.2) is 18.4 Å². The molecule has 2 N–H and O–H groups in total. The van der Waals surface area contributed by atoms with Crippen molar-refractivity contribution in [3.8, 4) is 0 Å². The molecule has 4 aromatic rings. The molecular formula is C23H25N7O3S. The van der Waals surface area contributed by atoms with Crippen LogP contribution in [-0.4, -0.2) is 47.4 Å². The number of fused-ring (bicyclic) bond motifs is 1. The number of hydrogen-bond donors (Lipinski definition) is 2. The minimum atomic E-state index is -3.46. The van der Waals surface area contributed by atoms with Crippen molar-refractivity contribution >= 4 is 49.8 Å². The molecule has 0 atom stereocenters. The Hall–Kier alpha value is -3.99. The highest BCUT2D eigenvalue weighted by molar-refractivity contribution is 7.92. The first-order valence-corrected chi connectivity index (χ1v) is 12.3. The van der Waals surface area contributed by atoms with E-state index in [9.17, 15) is 13.2 Å².